The Morgan fingerprint density at radius 2 is 2.14 bits per heavy atom. The molecule has 0 saturated carbocycles. The number of hydrogen-bond acceptors (Lipinski definition) is 4. The van der Waals surface area contributed by atoms with E-state index in [1.54, 1.807) is 11.3 Å². The summed E-state index contributed by atoms with van der Waals surface area (Å²) in [5, 5.41) is 5.52. The molecule has 0 spiro atoms. The number of pyridine rings is 1. The van der Waals surface area contributed by atoms with Gasteiger partial charge in [0.1, 0.15) is 10.3 Å². The molecule has 0 radical (unpaired) electrons. The largest absolute Gasteiger partial charge is 0.368 e. The lowest BCUT2D eigenvalue weighted by atomic mass is 10.3. The fraction of sp³-hybridized carbons (Fsp3) is 0.125. The van der Waals surface area contributed by atoms with E-state index in [0.717, 1.165) is 35.5 Å². The average Bonchev–Trinajstić information content (AvgIpc) is 3.16. The second-order valence-corrected chi connectivity index (χ2v) is 5.73. The van der Waals surface area contributed by atoms with E-state index in [-0.39, 0.29) is 0 Å². The number of fused-ring (bicyclic) bond motifs is 3. The van der Waals surface area contributed by atoms with Gasteiger partial charge in [-0.05, 0) is 35.7 Å². The first kappa shape index (κ1) is 12.3. The third-order valence-corrected chi connectivity index (χ3v) is 4.37. The third-order valence-electron chi connectivity index (χ3n) is 3.47. The van der Waals surface area contributed by atoms with Crippen molar-refractivity contribution in [2.24, 2.45) is 0 Å². The highest BCUT2D eigenvalue weighted by atomic mass is 32.1. The standard InChI is InChI=1S/C16H14N4S/c1-2-8-17-12(4-1)6-9-18-15-14-5-3-10-20(14)16-13(19-15)7-11-21-16/h1-5,7-8,10-11H,6,9H2,(H,18,19). The monoisotopic (exact) mass is 294 g/mol. The van der Waals surface area contributed by atoms with Crippen molar-refractivity contribution >= 4 is 33.0 Å². The van der Waals surface area contributed by atoms with Crippen LogP contribution in [0, 0.1) is 0 Å². The van der Waals surface area contributed by atoms with Crippen LogP contribution < -0.4 is 5.32 Å². The molecule has 0 aliphatic rings. The molecule has 4 nitrogen and oxygen atoms in total. The Bertz CT molecular complexity index is 879. The molecule has 0 unspecified atom stereocenters. The van der Waals surface area contributed by atoms with Crippen molar-refractivity contribution in [1.29, 1.82) is 0 Å². The van der Waals surface area contributed by atoms with Gasteiger partial charge in [-0.1, -0.05) is 6.07 Å². The fourth-order valence-corrected chi connectivity index (χ4v) is 3.31. The van der Waals surface area contributed by atoms with E-state index in [4.69, 9.17) is 4.98 Å². The molecule has 0 fully saturated rings. The first-order valence-electron chi connectivity index (χ1n) is 6.90. The van der Waals surface area contributed by atoms with Gasteiger partial charge in [-0.3, -0.25) is 4.98 Å². The van der Waals surface area contributed by atoms with Crippen molar-refractivity contribution in [1.82, 2.24) is 14.4 Å². The van der Waals surface area contributed by atoms with Gasteiger partial charge in [-0.25, -0.2) is 4.98 Å². The van der Waals surface area contributed by atoms with E-state index in [1.165, 1.54) is 4.83 Å². The van der Waals surface area contributed by atoms with Crippen molar-refractivity contribution in [3.8, 4) is 0 Å². The molecule has 4 heterocycles. The number of rotatable bonds is 4. The molecule has 0 aliphatic carbocycles. The van der Waals surface area contributed by atoms with Crippen LogP contribution in [0.4, 0.5) is 5.82 Å². The lowest BCUT2D eigenvalue weighted by Gasteiger charge is -2.08. The van der Waals surface area contributed by atoms with E-state index < -0.39 is 0 Å². The Morgan fingerprint density at radius 3 is 3.05 bits per heavy atom. The van der Waals surface area contributed by atoms with Crippen molar-refractivity contribution in [2.75, 3.05) is 11.9 Å². The first-order chi connectivity index (χ1) is 10.4. The Balaban J connectivity index is 1.61. The maximum Gasteiger partial charge on any atom is 0.151 e. The zero-order chi connectivity index (χ0) is 14.1. The van der Waals surface area contributed by atoms with Gasteiger partial charge in [-0.15, -0.1) is 11.3 Å². The summed E-state index contributed by atoms with van der Waals surface area (Å²) in [7, 11) is 0. The maximum absolute atomic E-state index is 4.72. The lowest BCUT2D eigenvalue weighted by Crippen LogP contribution is -2.08. The molecule has 0 amide bonds. The molecular weight excluding hydrogens is 280 g/mol. The second kappa shape index (κ2) is 5.18. The fourth-order valence-electron chi connectivity index (χ4n) is 2.47. The Kier molecular flexibility index (Phi) is 3.05. The Morgan fingerprint density at radius 1 is 1.14 bits per heavy atom. The highest BCUT2D eigenvalue weighted by Gasteiger charge is 2.08. The van der Waals surface area contributed by atoms with Crippen LogP contribution in [0.1, 0.15) is 5.69 Å². The summed E-state index contributed by atoms with van der Waals surface area (Å²) in [5.74, 6) is 0.932. The van der Waals surface area contributed by atoms with Crippen molar-refractivity contribution in [2.45, 2.75) is 6.42 Å². The number of nitrogens with one attached hydrogen (secondary N) is 1. The van der Waals surface area contributed by atoms with Crippen molar-refractivity contribution in [3.05, 3.63) is 59.9 Å². The Labute approximate surface area is 126 Å². The molecule has 4 rings (SSSR count). The molecule has 0 bridgehead atoms. The molecule has 104 valence electrons. The van der Waals surface area contributed by atoms with Gasteiger partial charge >= 0.3 is 0 Å². The number of hydrogen-bond donors (Lipinski definition) is 1. The predicted octanol–water partition coefficient (Wildman–Crippen LogP) is 3.60. The van der Waals surface area contributed by atoms with Crippen LogP contribution in [0.5, 0.6) is 0 Å². The maximum atomic E-state index is 4.72. The van der Waals surface area contributed by atoms with E-state index in [1.807, 2.05) is 24.4 Å². The summed E-state index contributed by atoms with van der Waals surface area (Å²) < 4.78 is 2.19. The second-order valence-electron chi connectivity index (χ2n) is 4.83. The van der Waals surface area contributed by atoms with Crippen molar-refractivity contribution in [3.63, 3.8) is 0 Å². The normalized spacial score (nSPS) is 11.2. The summed E-state index contributed by atoms with van der Waals surface area (Å²) in [6.07, 6.45) is 4.80. The zero-order valence-electron chi connectivity index (χ0n) is 11.4. The number of thiophene rings is 1. The van der Waals surface area contributed by atoms with Gasteiger partial charge in [0.15, 0.2) is 5.82 Å². The molecule has 0 atom stereocenters. The van der Waals surface area contributed by atoms with Crippen LogP contribution >= 0.6 is 11.3 Å². The highest BCUT2D eigenvalue weighted by Crippen LogP contribution is 2.25. The number of anilines is 1. The van der Waals surface area contributed by atoms with Crippen LogP contribution in [0.3, 0.4) is 0 Å². The molecule has 0 aliphatic heterocycles. The minimum atomic E-state index is 0.820. The van der Waals surface area contributed by atoms with E-state index in [0.29, 0.717) is 0 Å². The Hall–Kier alpha value is -2.40. The molecule has 1 N–H and O–H groups in total. The van der Waals surface area contributed by atoms with Gasteiger partial charge < -0.3 is 9.72 Å². The molecule has 4 aromatic rings. The molecule has 4 aromatic heterocycles. The zero-order valence-corrected chi connectivity index (χ0v) is 12.2. The summed E-state index contributed by atoms with van der Waals surface area (Å²) in [6.45, 7) is 0.820. The van der Waals surface area contributed by atoms with Crippen LogP contribution in [0.25, 0.3) is 15.9 Å². The minimum Gasteiger partial charge on any atom is -0.368 e. The SMILES string of the molecule is c1ccc(CCNc2nc3ccsc3n3cccc23)nc1. The van der Waals surface area contributed by atoms with Crippen LogP contribution in [-0.4, -0.2) is 20.9 Å². The van der Waals surface area contributed by atoms with E-state index >= 15 is 0 Å². The third kappa shape index (κ3) is 2.25. The van der Waals surface area contributed by atoms with Crippen LogP contribution in [0.15, 0.2) is 54.2 Å². The highest BCUT2D eigenvalue weighted by molar-refractivity contribution is 7.16. The molecule has 5 heteroatoms. The summed E-state index contributed by atoms with van der Waals surface area (Å²) >= 11 is 1.71. The van der Waals surface area contributed by atoms with Crippen LogP contribution in [-0.2, 0) is 6.42 Å². The topological polar surface area (TPSA) is 42.2 Å². The predicted molar refractivity (Wildman–Crippen MR) is 87.0 cm³/mol. The van der Waals surface area contributed by atoms with Gasteiger partial charge in [0.25, 0.3) is 0 Å². The quantitative estimate of drug-likeness (QED) is 0.625. The molecule has 0 aromatic carbocycles. The minimum absolute atomic E-state index is 0.820. The summed E-state index contributed by atoms with van der Waals surface area (Å²) in [5.41, 5.74) is 3.24. The molecular formula is C16H14N4S. The summed E-state index contributed by atoms with van der Waals surface area (Å²) in [4.78, 5) is 10.3. The first-order valence-corrected chi connectivity index (χ1v) is 7.78. The van der Waals surface area contributed by atoms with E-state index in [9.17, 15) is 0 Å². The summed E-state index contributed by atoms with van der Waals surface area (Å²) in [6, 6.07) is 12.2. The number of aromatic nitrogens is 3. The van der Waals surface area contributed by atoms with Gasteiger partial charge in [0.05, 0.1) is 5.52 Å². The lowest BCUT2D eigenvalue weighted by molar-refractivity contribution is 0.955. The van der Waals surface area contributed by atoms with Gasteiger partial charge in [-0.2, -0.15) is 0 Å². The molecule has 21 heavy (non-hydrogen) atoms. The van der Waals surface area contributed by atoms with E-state index in [2.05, 4.69) is 44.5 Å². The van der Waals surface area contributed by atoms with Crippen LogP contribution in [0.2, 0.25) is 0 Å². The van der Waals surface area contributed by atoms with Gasteiger partial charge in [0.2, 0.25) is 0 Å². The smallest absolute Gasteiger partial charge is 0.151 e. The molecule has 0 saturated heterocycles. The average molecular weight is 294 g/mol. The number of nitrogens with zero attached hydrogens (tertiary/aromatic N) is 3. The van der Waals surface area contributed by atoms with Crippen molar-refractivity contribution < 1.29 is 0 Å². The van der Waals surface area contributed by atoms with Gasteiger partial charge in [0, 0.05) is 31.1 Å².